The Balaban J connectivity index is 2.84. The minimum absolute atomic E-state index is 0.424. The molecular formula is C11H13ClO2. The predicted octanol–water partition coefficient (Wildman–Crippen LogP) is 2.96. The maximum atomic E-state index is 9.30. The van der Waals surface area contributed by atoms with Crippen LogP contribution < -0.4 is 4.74 Å². The third kappa shape index (κ3) is 2.76. The summed E-state index contributed by atoms with van der Waals surface area (Å²) < 4.78 is 5.29. The van der Waals surface area contributed by atoms with E-state index in [4.69, 9.17) is 16.3 Å². The number of benzene rings is 1. The first-order valence-corrected chi connectivity index (χ1v) is 4.74. The lowest BCUT2D eigenvalue weighted by Crippen LogP contribution is -1.95. The molecule has 0 aromatic heterocycles. The number of halogens is 1. The van der Waals surface area contributed by atoms with E-state index in [1.165, 1.54) is 0 Å². The minimum atomic E-state index is -0.513. The summed E-state index contributed by atoms with van der Waals surface area (Å²) in [4.78, 5) is 0. The van der Waals surface area contributed by atoms with Crippen molar-refractivity contribution in [2.24, 2.45) is 0 Å². The van der Waals surface area contributed by atoms with Gasteiger partial charge < -0.3 is 9.84 Å². The highest BCUT2D eigenvalue weighted by molar-refractivity contribution is 6.32. The first kappa shape index (κ1) is 11.1. The molecule has 1 N–H and O–H groups in total. The highest BCUT2D eigenvalue weighted by Gasteiger charge is 2.05. The fourth-order valence-electron chi connectivity index (χ4n) is 1.04. The topological polar surface area (TPSA) is 29.5 Å². The van der Waals surface area contributed by atoms with Gasteiger partial charge in [-0.2, -0.15) is 0 Å². The first-order valence-electron chi connectivity index (χ1n) is 4.36. The van der Waals surface area contributed by atoms with Gasteiger partial charge in [0, 0.05) is 0 Å². The molecule has 0 amide bonds. The van der Waals surface area contributed by atoms with Crippen molar-refractivity contribution >= 4 is 11.6 Å². The van der Waals surface area contributed by atoms with Crippen LogP contribution in [0, 0.1) is 0 Å². The highest BCUT2D eigenvalue weighted by Crippen LogP contribution is 2.27. The van der Waals surface area contributed by atoms with E-state index in [0.29, 0.717) is 17.4 Å². The molecule has 0 heterocycles. The van der Waals surface area contributed by atoms with Crippen LogP contribution in [0.25, 0.3) is 0 Å². The van der Waals surface area contributed by atoms with E-state index in [1.54, 1.807) is 31.2 Å². The van der Waals surface area contributed by atoms with Crippen molar-refractivity contribution in [3.05, 3.63) is 41.4 Å². The van der Waals surface area contributed by atoms with Crippen LogP contribution >= 0.6 is 11.6 Å². The molecule has 1 aromatic rings. The van der Waals surface area contributed by atoms with Crippen LogP contribution in [0.3, 0.4) is 0 Å². The Morgan fingerprint density at radius 2 is 2.36 bits per heavy atom. The number of hydrogen-bond acceptors (Lipinski definition) is 2. The Kier molecular flexibility index (Phi) is 3.98. The van der Waals surface area contributed by atoms with E-state index in [1.807, 2.05) is 0 Å². The Bertz CT molecular complexity index is 321. The summed E-state index contributed by atoms with van der Waals surface area (Å²) in [5.41, 5.74) is 0.779. The Morgan fingerprint density at radius 1 is 1.64 bits per heavy atom. The summed E-state index contributed by atoms with van der Waals surface area (Å²) in [6, 6.07) is 5.23. The molecule has 0 spiro atoms. The van der Waals surface area contributed by atoms with Crippen LogP contribution in [0.1, 0.15) is 18.6 Å². The van der Waals surface area contributed by atoms with Crippen LogP contribution in [-0.4, -0.2) is 11.7 Å². The van der Waals surface area contributed by atoms with Gasteiger partial charge in [-0.15, -0.1) is 0 Å². The van der Waals surface area contributed by atoms with Gasteiger partial charge in [-0.1, -0.05) is 30.3 Å². The van der Waals surface area contributed by atoms with Gasteiger partial charge in [-0.05, 0) is 24.6 Å². The summed E-state index contributed by atoms with van der Waals surface area (Å²) in [5.74, 6) is 0.607. The summed E-state index contributed by atoms with van der Waals surface area (Å²) in [6.45, 7) is 5.66. The largest absolute Gasteiger partial charge is 0.488 e. The first-order chi connectivity index (χ1) is 6.65. The summed E-state index contributed by atoms with van der Waals surface area (Å²) >= 11 is 5.94. The van der Waals surface area contributed by atoms with Gasteiger partial charge >= 0.3 is 0 Å². The highest BCUT2D eigenvalue weighted by atomic mass is 35.5. The zero-order valence-corrected chi connectivity index (χ0v) is 8.79. The van der Waals surface area contributed by atoms with Crippen molar-refractivity contribution in [3.63, 3.8) is 0 Å². The molecule has 0 aliphatic heterocycles. The van der Waals surface area contributed by atoms with Crippen LogP contribution in [0.5, 0.6) is 5.75 Å². The molecule has 1 rings (SSSR count). The Hall–Kier alpha value is -0.990. The normalized spacial score (nSPS) is 12.2. The third-order valence-electron chi connectivity index (χ3n) is 1.80. The summed E-state index contributed by atoms with van der Waals surface area (Å²) in [7, 11) is 0. The molecular weight excluding hydrogens is 200 g/mol. The molecule has 76 valence electrons. The fraction of sp³-hybridized carbons (Fsp3) is 0.273. The second-order valence-electron chi connectivity index (χ2n) is 2.97. The van der Waals surface area contributed by atoms with E-state index in [0.717, 1.165) is 5.56 Å². The molecule has 1 atom stereocenters. The molecule has 0 saturated carbocycles. The molecule has 0 radical (unpaired) electrons. The summed E-state index contributed by atoms with van der Waals surface area (Å²) in [6.07, 6.45) is 1.14. The van der Waals surface area contributed by atoms with Gasteiger partial charge in [0.25, 0.3) is 0 Å². The average Bonchev–Trinajstić information content (AvgIpc) is 2.15. The van der Waals surface area contributed by atoms with E-state index < -0.39 is 6.10 Å². The number of hydrogen-bond donors (Lipinski definition) is 1. The van der Waals surface area contributed by atoms with Gasteiger partial charge in [-0.3, -0.25) is 0 Å². The maximum Gasteiger partial charge on any atom is 0.138 e. The standard InChI is InChI=1S/C11H13ClO2/c1-3-6-14-11-5-4-9(8(2)13)7-10(11)12/h3-5,7-8,13H,1,6H2,2H3. The fourth-order valence-corrected chi connectivity index (χ4v) is 1.29. The zero-order chi connectivity index (χ0) is 10.6. The molecule has 0 aliphatic rings. The molecule has 0 aliphatic carbocycles. The van der Waals surface area contributed by atoms with Crippen molar-refractivity contribution in [3.8, 4) is 5.75 Å². The number of ether oxygens (including phenoxy) is 1. The molecule has 1 unspecified atom stereocenters. The molecule has 1 aromatic carbocycles. The second kappa shape index (κ2) is 5.03. The van der Waals surface area contributed by atoms with E-state index in [-0.39, 0.29) is 0 Å². The third-order valence-corrected chi connectivity index (χ3v) is 2.09. The molecule has 0 fully saturated rings. The number of aliphatic hydroxyl groups excluding tert-OH is 1. The van der Waals surface area contributed by atoms with E-state index >= 15 is 0 Å². The predicted molar refractivity (Wildman–Crippen MR) is 57.8 cm³/mol. The van der Waals surface area contributed by atoms with Crippen molar-refractivity contribution in [2.75, 3.05) is 6.61 Å². The zero-order valence-electron chi connectivity index (χ0n) is 8.03. The van der Waals surface area contributed by atoms with Crippen LogP contribution in [0.2, 0.25) is 5.02 Å². The van der Waals surface area contributed by atoms with Crippen molar-refractivity contribution in [1.82, 2.24) is 0 Å². The van der Waals surface area contributed by atoms with Gasteiger partial charge in [0.15, 0.2) is 0 Å². The van der Waals surface area contributed by atoms with Gasteiger partial charge in [0.1, 0.15) is 12.4 Å². The summed E-state index contributed by atoms with van der Waals surface area (Å²) in [5, 5.41) is 9.80. The quantitative estimate of drug-likeness (QED) is 0.778. The Labute approximate surface area is 88.8 Å². The maximum absolute atomic E-state index is 9.30. The van der Waals surface area contributed by atoms with Crippen LogP contribution in [0.15, 0.2) is 30.9 Å². The lowest BCUT2D eigenvalue weighted by atomic mass is 10.1. The monoisotopic (exact) mass is 212 g/mol. The van der Waals surface area contributed by atoms with E-state index in [9.17, 15) is 5.11 Å². The van der Waals surface area contributed by atoms with Crippen LogP contribution in [0.4, 0.5) is 0 Å². The molecule has 0 bridgehead atoms. The van der Waals surface area contributed by atoms with Gasteiger partial charge in [-0.25, -0.2) is 0 Å². The SMILES string of the molecule is C=CCOc1ccc(C(C)O)cc1Cl. The lowest BCUT2D eigenvalue weighted by molar-refractivity contribution is 0.199. The molecule has 2 nitrogen and oxygen atoms in total. The van der Waals surface area contributed by atoms with Crippen molar-refractivity contribution in [1.29, 1.82) is 0 Å². The molecule has 3 heteroatoms. The van der Waals surface area contributed by atoms with Crippen molar-refractivity contribution in [2.45, 2.75) is 13.0 Å². The molecule has 14 heavy (non-hydrogen) atoms. The number of aliphatic hydroxyl groups is 1. The van der Waals surface area contributed by atoms with Gasteiger partial charge in [0.2, 0.25) is 0 Å². The second-order valence-corrected chi connectivity index (χ2v) is 3.37. The van der Waals surface area contributed by atoms with E-state index in [2.05, 4.69) is 6.58 Å². The van der Waals surface area contributed by atoms with Crippen LogP contribution in [-0.2, 0) is 0 Å². The smallest absolute Gasteiger partial charge is 0.138 e. The molecule has 0 saturated heterocycles. The Morgan fingerprint density at radius 3 is 2.86 bits per heavy atom. The number of rotatable bonds is 4. The average molecular weight is 213 g/mol. The van der Waals surface area contributed by atoms with Gasteiger partial charge in [0.05, 0.1) is 11.1 Å². The van der Waals surface area contributed by atoms with Crippen molar-refractivity contribution < 1.29 is 9.84 Å². The lowest BCUT2D eigenvalue weighted by Gasteiger charge is -2.09. The minimum Gasteiger partial charge on any atom is -0.488 e.